The summed E-state index contributed by atoms with van der Waals surface area (Å²) in [6.07, 6.45) is 5.04. The van der Waals surface area contributed by atoms with Crippen LogP contribution in [-0.4, -0.2) is 19.1 Å². The molecule has 13 heavy (non-hydrogen) atoms. The van der Waals surface area contributed by atoms with Gasteiger partial charge in [0.1, 0.15) is 0 Å². The van der Waals surface area contributed by atoms with Crippen molar-refractivity contribution in [2.45, 2.75) is 39.5 Å². The highest BCUT2D eigenvalue weighted by Gasteiger charge is 2.41. The molecule has 3 nitrogen and oxygen atoms in total. The number of nitrogens with one attached hydrogen (secondary N) is 2. The standard InChI is InChI=1S/C10H20N2O/c1-3-5-10(6-7-10)8-12-9(13)11-4-2/h3-8H2,1-2H3,(H2,11,12,13). The summed E-state index contributed by atoms with van der Waals surface area (Å²) in [5.74, 6) is 0. The van der Waals surface area contributed by atoms with Crippen molar-refractivity contribution < 1.29 is 4.79 Å². The molecule has 0 aromatic rings. The first-order valence-electron chi connectivity index (χ1n) is 5.24. The van der Waals surface area contributed by atoms with E-state index in [9.17, 15) is 4.79 Å². The van der Waals surface area contributed by atoms with Gasteiger partial charge in [0.05, 0.1) is 0 Å². The van der Waals surface area contributed by atoms with Crippen LogP contribution < -0.4 is 10.6 Å². The fourth-order valence-electron chi connectivity index (χ4n) is 1.71. The molecule has 1 fully saturated rings. The molecule has 2 amide bonds. The predicted molar refractivity (Wildman–Crippen MR) is 53.7 cm³/mol. The van der Waals surface area contributed by atoms with Crippen molar-refractivity contribution in [2.75, 3.05) is 13.1 Å². The van der Waals surface area contributed by atoms with E-state index >= 15 is 0 Å². The highest BCUT2D eigenvalue weighted by Crippen LogP contribution is 2.48. The average molecular weight is 184 g/mol. The molecule has 0 aromatic heterocycles. The van der Waals surface area contributed by atoms with Gasteiger partial charge in [-0.15, -0.1) is 0 Å². The lowest BCUT2D eigenvalue weighted by Crippen LogP contribution is -2.38. The van der Waals surface area contributed by atoms with Crippen LogP contribution in [0.4, 0.5) is 4.79 Å². The molecule has 3 heteroatoms. The Morgan fingerprint density at radius 2 is 2.00 bits per heavy atom. The van der Waals surface area contributed by atoms with Gasteiger partial charge < -0.3 is 10.6 Å². The van der Waals surface area contributed by atoms with Crippen LogP contribution in [-0.2, 0) is 0 Å². The van der Waals surface area contributed by atoms with Crippen molar-refractivity contribution in [1.29, 1.82) is 0 Å². The highest BCUT2D eigenvalue weighted by molar-refractivity contribution is 5.73. The van der Waals surface area contributed by atoms with E-state index in [1.165, 1.54) is 25.7 Å². The zero-order valence-electron chi connectivity index (χ0n) is 8.65. The summed E-state index contributed by atoms with van der Waals surface area (Å²) in [5.41, 5.74) is 0.458. The SMILES string of the molecule is CCCC1(CNC(=O)NCC)CC1. The van der Waals surface area contributed by atoms with E-state index in [0.717, 1.165) is 6.54 Å². The molecule has 0 aliphatic heterocycles. The fourth-order valence-corrected chi connectivity index (χ4v) is 1.71. The quantitative estimate of drug-likeness (QED) is 0.673. The molecular weight excluding hydrogens is 164 g/mol. The van der Waals surface area contributed by atoms with Gasteiger partial charge in [-0.25, -0.2) is 4.79 Å². The summed E-state index contributed by atoms with van der Waals surface area (Å²) >= 11 is 0. The first kappa shape index (κ1) is 10.4. The van der Waals surface area contributed by atoms with Gasteiger partial charge in [0, 0.05) is 13.1 Å². The third-order valence-electron chi connectivity index (χ3n) is 2.70. The van der Waals surface area contributed by atoms with Gasteiger partial charge in [0.15, 0.2) is 0 Å². The third-order valence-corrected chi connectivity index (χ3v) is 2.70. The fraction of sp³-hybridized carbons (Fsp3) is 0.900. The highest BCUT2D eigenvalue weighted by atomic mass is 16.2. The lowest BCUT2D eigenvalue weighted by atomic mass is 10.0. The second-order valence-electron chi connectivity index (χ2n) is 3.96. The monoisotopic (exact) mass is 184 g/mol. The van der Waals surface area contributed by atoms with E-state index in [4.69, 9.17) is 0 Å². The number of rotatable bonds is 5. The van der Waals surface area contributed by atoms with Gasteiger partial charge in [-0.05, 0) is 31.6 Å². The molecule has 1 saturated carbocycles. The molecule has 1 aliphatic rings. The summed E-state index contributed by atoms with van der Waals surface area (Å²) in [4.78, 5) is 11.1. The first-order chi connectivity index (χ1) is 6.22. The largest absolute Gasteiger partial charge is 0.338 e. The van der Waals surface area contributed by atoms with E-state index in [2.05, 4.69) is 17.6 Å². The second kappa shape index (κ2) is 4.49. The molecule has 0 heterocycles. The van der Waals surface area contributed by atoms with Crippen LogP contribution in [0.5, 0.6) is 0 Å². The van der Waals surface area contributed by atoms with Crippen molar-refractivity contribution in [3.05, 3.63) is 0 Å². The van der Waals surface area contributed by atoms with Crippen LogP contribution in [0.2, 0.25) is 0 Å². The van der Waals surface area contributed by atoms with Crippen LogP contribution >= 0.6 is 0 Å². The van der Waals surface area contributed by atoms with E-state index in [1.807, 2.05) is 6.92 Å². The molecule has 0 spiro atoms. The molecule has 0 bridgehead atoms. The summed E-state index contributed by atoms with van der Waals surface area (Å²) in [6, 6.07) is -0.0233. The van der Waals surface area contributed by atoms with Crippen molar-refractivity contribution in [2.24, 2.45) is 5.41 Å². The number of hydrogen-bond donors (Lipinski definition) is 2. The van der Waals surface area contributed by atoms with Gasteiger partial charge in [-0.3, -0.25) is 0 Å². The van der Waals surface area contributed by atoms with Crippen LogP contribution in [0.25, 0.3) is 0 Å². The molecule has 0 atom stereocenters. The molecule has 0 saturated heterocycles. The average Bonchev–Trinajstić information content (AvgIpc) is 2.84. The summed E-state index contributed by atoms with van der Waals surface area (Å²) in [6.45, 7) is 5.68. The lowest BCUT2D eigenvalue weighted by Gasteiger charge is -2.14. The van der Waals surface area contributed by atoms with Crippen LogP contribution in [0, 0.1) is 5.41 Å². The second-order valence-corrected chi connectivity index (χ2v) is 3.96. The van der Waals surface area contributed by atoms with Crippen molar-refractivity contribution in [3.8, 4) is 0 Å². The number of urea groups is 1. The molecule has 1 rings (SSSR count). The molecule has 0 radical (unpaired) electrons. The van der Waals surface area contributed by atoms with E-state index < -0.39 is 0 Å². The Morgan fingerprint density at radius 1 is 1.31 bits per heavy atom. The topological polar surface area (TPSA) is 41.1 Å². The maximum atomic E-state index is 11.1. The van der Waals surface area contributed by atoms with Gasteiger partial charge in [0.25, 0.3) is 0 Å². The first-order valence-corrected chi connectivity index (χ1v) is 5.24. The maximum absolute atomic E-state index is 11.1. The Labute approximate surface area is 80.3 Å². The summed E-state index contributed by atoms with van der Waals surface area (Å²) in [7, 11) is 0. The van der Waals surface area contributed by atoms with Crippen molar-refractivity contribution in [3.63, 3.8) is 0 Å². The van der Waals surface area contributed by atoms with E-state index in [-0.39, 0.29) is 6.03 Å². The molecular formula is C10H20N2O. The van der Waals surface area contributed by atoms with Crippen molar-refractivity contribution in [1.82, 2.24) is 10.6 Å². The Bertz CT molecular complexity index is 176. The normalized spacial score (nSPS) is 18.0. The van der Waals surface area contributed by atoms with E-state index in [1.54, 1.807) is 0 Å². The lowest BCUT2D eigenvalue weighted by molar-refractivity contribution is 0.238. The molecule has 0 aromatic carbocycles. The molecule has 76 valence electrons. The predicted octanol–water partition coefficient (Wildman–Crippen LogP) is 1.89. The minimum Gasteiger partial charge on any atom is -0.338 e. The Hall–Kier alpha value is -0.730. The Morgan fingerprint density at radius 3 is 2.46 bits per heavy atom. The van der Waals surface area contributed by atoms with Crippen molar-refractivity contribution >= 4 is 6.03 Å². The minimum absolute atomic E-state index is 0.0233. The smallest absolute Gasteiger partial charge is 0.314 e. The molecule has 0 unspecified atom stereocenters. The zero-order chi connectivity index (χ0) is 9.73. The number of carbonyl (C=O) groups excluding carboxylic acids is 1. The van der Waals surface area contributed by atoms with Gasteiger partial charge in [-0.1, -0.05) is 13.3 Å². The summed E-state index contributed by atoms with van der Waals surface area (Å²) in [5, 5.41) is 5.66. The van der Waals surface area contributed by atoms with Gasteiger partial charge in [-0.2, -0.15) is 0 Å². The Balaban J connectivity index is 2.14. The number of amides is 2. The van der Waals surface area contributed by atoms with Crippen LogP contribution in [0.1, 0.15) is 39.5 Å². The number of carbonyl (C=O) groups is 1. The van der Waals surface area contributed by atoms with Gasteiger partial charge in [0.2, 0.25) is 0 Å². The van der Waals surface area contributed by atoms with Crippen LogP contribution in [0.3, 0.4) is 0 Å². The summed E-state index contributed by atoms with van der Waals surface area (Å²) < 4.78 is 0. The molecule has 1 aliphatic carbocycles. The Kier molecular flexibility index (Phi) is 3.58. The third kappa shape index (κ3) is 3.25. The van der Waals surface area contributed by atoms with Gasteiger partial charge >= 0.3 is 6.03 Å². The minimum atomic E-state index is -0.0233. The molecule has 2 N–H and O–H groups in total. The van der Waals surface area contributed by atoms with E-state index in [0.29, 0.717) is 12.0 Å². The number of hydrogen-bond acceptors (Lipinski definition) is 1. The van der Waals surface area contributed by atoms with Crippen LogP contribution in [0.15, 0.2) is 0 Å². The zero-order valence-corrected chi connectivity index (χ0v) is 8.65. The maximum Gasteiger partial charge on any atom is 0.314 e.